The number of sulfone groups is 1. The molecule has 6 nitrogen and oxygen atoms in total. The van der Waals surface area contributed by atoms with Gasteiger partial charge in [0.15, 0.2) is 9.84 Å². The molecule has 2 rings (SSSR count). The van der Waals surface area contributed by atoms with Gasteiger partial charge in [-0.3, -0.25) is 9.48 Å². The number of nitrogens with zero attached hydrogens (tertiary/aromatic N) is 3. The van der Waals surface area contributed by atoms with E-state index in [0.717, 1.165) is 16.8 Å². The van der Waals surface area contributed by atoms with Crippen LogP contribution < -0.4 is 5.56 Å². The lowest BCUT2D eigenvalue weighted by Crippen LogP contribution is -2.21. The molecular weight excluding hydrogens is 334 g/mol. The van der Waals surface area contributed by atoms with Crippen molar-refractivity contribution in [3.05, 3.63) is 45.0 Å². The average molecular weight is 346 g/mol. The van der Waals surface area contributed by atoms with Gasteiger partial charge in [0.05, 0.1) is 21.6 Å². The van der Waals surface area contributed by atoms with Gasteiger partial charge in [0.2, 0.25) is 0 Å². The van der Waals surface area contributed by atoms with E-state index in [1.807, 2.05) is 0 Å². The zero-order valence-corrected chi connectivity index (χ0v) is 12.8. The van der Waals surface area contributed by atoms with E-state index in [1.165, 1.54) is 16.8 Å². The SMILES string of the molecule is Cn1cc(Br)c(Cn2ccc(S(C)(=O)=O)cc2=O)n1. The van der Waals surface area contributed by atoms with Crippen LogP contribution in [0.1, 0.15) is 5.69 Å². The molecule has 0 saturated carbocycles. The minimum atomic E-state index is -3.36. The first-order valence-corrected chi connectivity index (χ1v) is 8.04. The van der Waals surface area contributed by atoms with Crippen LogP contribution in [0.3, 0.4) is 0 Å². The number of hydrogen-bond donors (Lipinski definition) is 0. The Labute approximate surface area is 118 Å². The van der Waals surface area contributed by atoms with Crippen molar-refractivity contribution in [3.63, 3.8) is 0 Å². The summed E-state index contributed by atoms with van der Waals surface area (Å²) in [4.78, 5) is 11.9. The van der Waals surface area contributed by atoms with E-state index in [0.29, 0.717) is 5.69 Å². The Balaban J connectivity index is 2.38. The first kappa shape index (κ1) is 14.0. The molecule has 102 valence electrons. The summed E-state index contributed by atoms with van der Waals surface area (Å²) in [5.74, 6) is 0. The molecule has 19 heavy (non-hydrogen) atoms. The highest BCUT2D eigenvalue weighted by Crippen LogP contribution is 2.15. The van der Waals surface area contributed by atoms with E-state index >= 15 is 0 Å². The van der Waals surface area contributed by atoms with E-state index < -0.39 is 9.84 Å². The fraction of sp³-hybridized carbons (Fsp3) is 0.273. The zero-order chi connectivity index (χ0) is 14.2. The Hall–Kier alpha value is -1.41. The lowest BCUT2D eigenvalue weighted by molar-refractivity contribution is 0.600. The molecule has 0 aliphatic rings. The fourth-order valence-electron chi connectivity index (χ4n) is 1.62. The summed E-state index contributed by atoms with van der Waals surface area (Å²) >= 11 is 3.35. The molecule has 2 aromatic rings. The van der Waals surface area contributed by atoms with Crippen molar-refractivity contribution in [3.8, 4) is 0 Å². The number of rotatable bonds is 3. The number of aryl methyl sites for hydroxylation is 1. The minimum absolute atomic E-state index is 0.0221. The second-order valence-corrected chi connectivity index (χ2v) is 7.07. The standard InChI is InChI=1S/C11H12BrN3O3S/c1-14-6-9(12)10(13-14)7-15-4-3-8(5-11(15)16)19(2,17)18/h3-6H,7H2,1-2H3. The Kier molecular flexibility index (Phi) is 3.64. The van der Waals surface area contributed by atoms with Crippen molar-refractivity contribution in [1.82, 2.24) is 14.3 Å². The fourth-order valence-corrected chi connectivity index (χ4v) is 2.75. The smallest absolute Gasteiger partial charge is 0.252 e. The zero-order valence-electron chi connectivity index (χ0n) is 10.4. The highest BCUT2D eigenvalue weighted by molar-refractivity contribution is 9.10. The molecule has 2 heterocycles. The third-order valence-electron chi connectivity index (χ3n) is 2.57. The van der Waals surface area contributed by atoms with Gasteiger partial charge in [0.1, 0.15) is 0 Å². The summed E-state index contributed by atoms with van der Waals surface area (Å²) in [5, 5.41) is 4.21. The van der Waals surface area contributed by atoms with Gasteiger partial charge in [-0.1, -0.05) is 0 Å². The second-order valence-electron chi connectivity index (χ2n) is 4.20. The second kappa shape index (κ2) is 4.93. The number of halogens is 1. The van der Waals surface area contributed by atoms with Crippen LogP contribution in [0.4, 0.5) is 0 Å². The maximum absolute atomic E-state index is 11.9. The van der Waals surface area contributed by atoms with Crippen molar-refractivity contribution in [2.24, 2.45) is 7.05 Å². The third kappa shape index (κ3) is 3.13. The van der Waals surface area contributed by atoms with Crippen LogP contribution in [0.5, 0.6) is 0 Å². The van der Waals surface area contributed by atoms with Gasteiger partial charge in [-0.05, 0) is 22.0 Å². The summed E-state index contributed by atoms with van der Waals surface area (Å²) in [6.45, 7) is 0.282. The van der Waals surface area contributed by atoms with Crippen LogP contribution in [-0.2, 0) is 23.4 Å². The molecule has 8 heteroatoms. The van der Waals surface area contributed by atoms with Crippen LogP contribution >= 0.6 is 15.9 Å². The van der Waals surface area contributed by atoms with Crippen LogP contribution in [0.25, 0.3) is 0 Å². The molecule has 0 radical (unpaired) electrons. The predicted molar refractivity (Wildman–Crippen MR) is 73.8 cm³/mol. The number of aromatic nitrogens is 3. The molecular formula is C11H12BrN3O3S. The molecule has 0 amide bonds. The van der Waals surface area contributed by atoms with Crippen molar-refractivity contribution in [2.75, 3.05) is 6.26 Å². The highest BCUT2D eigenvalue weighted by atomic mass is 79.9. The van der Waals surface area contributed by atoms with Crippen molar-refractivity contribution in [2.45, 2.75) is 11.4 Å². The lowest BCUT2D eigenvalue weighted by Gasteiger charge is -2.05. The molecule has 0 bridgehead atoms. The van der Waals surface area contributed by atoms with Gasteiger partial charge >= 0.3 is 0 Å². The molecule has 0 spiro atoms. The number of pyridine rings is 1. The van der Waals surface area contributed by atoms with Gasteiger partial charge in [0.25, 0.3) is 5.56 Å². The number of hydrogen-bond acceptors (Lipinski definition) is 4. The lowest BCUT2D eigenvalue weighted by atomic mass is 10.4. The van der Waals surface area contributed by atoms with Crippen LogP contribution in [0, 0.1) is 0 Å². The summed E-state index contributed by atoms with van der Waals surface area (Å²) in [7, 11) is -1.58. The average Bonchev–Trinajstić information content (AvgIpc) is 2.59. The molecule has 0 fully saturated rings. The summed E-state index contributed by atoms with van der Waals surface area (Å²) in [5.41, 5.74) is 0.331. The molecule has 0 aliphatic heterocycles. The monoisotopic (exact) mass is 345 g/mol. The van der Waals surface area contributed by atoms with Crippen LogP contribution in [-0.4, -0.2) is 29.0 Å². The largest absolute Gasteiger partial charge is 0.309 e. The molecule has 0 saturated heterocycles. The van der Waals surface area contributed by atoms with Gasteiger partial charge in [-0.25, -0.2) is 8.42 Å². The summed E-state index contributed by atoms with van der Waals surface area (Å²) in [6, 6.07) is 2.53. The van der Waals surface area contributed by atoms with E-state index in [1.54, 1.807) is 17.9 Å². The molecule has 0 aromatic carbocycles. The predicted octanol–water partition coefficient (Wildman–Crippen LogP) is 0.796. The molecule has 0 aliphatic carbocycles. The van der Waals surface area contributed by atoms with E-state index in [9.17, 15) is 13.2 Å². The highest BCUT2D eigenvalue weighted by Gasteiger charge is 2.11. The van der Waals surface area contributed by atoms with Crippen LogP contribution in [0.15, 0.2) is 38.7 Å². The van der Waals surface area contributed by atoms with E-state index in [-0.39, 0.29) is 17.0 Å². The maximum atomic E-state index is 11.9. The Bertz CT molecular complexity index is 777. The molecule has 2 aromatic heterocycles. The van der Waals surface area contributed by atoms with Gasteiger partial charge in [-0.15, -0.1) is 0 Å². The van der Waals surface area contributed by atoms with Crippen LogP contribution in [0.2, 0.25) is 0 Å². The normalized spacial score (nSPS) is 11.7. The minimum Gasteiger partial charge on any atom is -0.309 e. The first-order chi connectivity index (χ1) is 8.77. The van der Waals surface area contributed by atoms with E-state index in [4.69, 9.17) is 0 Å². The molecule has 0 atom stereocenters. The molecule has 0 unspecified atom stereocenters. The van der Waals surface area contributed by atoms with Gasteiger partial charge in [-0.2, -0.15) is 5.10 Å². The Morgan fingerprint density at radius 2 is 2.11 bits per heavy atom. The maximum Gasteiger partial charge on any atom is 0.252 e. The van der Waals surface area contributed by atoms with Crippen molar-refractivity contribution >= 4 is 25.8 Å². The first-order valence-electron chi connectivity index (χ1n) is 5.36. The third-order valence-corrected chi connectivity index (χ3v) is 4.34. The van der Waals surface area contributed by atoms with E-state index in [2.05, 4.69) is 21.0 Å². The quantitative estimate of drug-likeness (QED) is 0.824. The summed E-state index contributed by atoms with van der Waals surface area (Å²) in [6.07, 6.45) is 4.31. The topological polar surface area (TPSA) is 74.0 Å². The van der Waals surface area contributed by atoms with Gasteiger partial charge in [0, 0.05) is 31.8 Å². The molecule has 0 N–H and O–H groups in total. The summed E-state index contributed by atoms with van der Waals surface area (Å²) < 4.78 is 26.5. The van der Waals surface area contributed by atoms with Crippen molar-refractivity contribution in [1.29, 1.82) is 0 Å². The van der Waals surface area contributed by atoms with Crippen molar-refractivity contribution < 1.29 is 8.42 Å². The Morgan fingerprint density at radius 3 is 2.58 bits per heavy atom. The van der Waals surface area contributed by atoms with Gasteiger partial charge < -0.3 is 4.57 Å². The Morgan fingerprint density at radius 1 is 1.42 bits per heavy atom.